The van der Waals surface area contributed by atoms with Gasteiger partial charge in [-0.1, -0.05) is 66.2 Å². The van der Waals surface area contributed by atoms with Crippen molar-refractivity contribution in [3.8, 4) is 11.5 Å². The Bertz CT molecular complexity index is 1660. The number of nitrogens with zero attached hydrogens (tertiary/aromatic N) is 3. The van der Waals surface area contributed by atoms with Crippen molar-refractivity contribution >= 4 is 68.4 Å². The first-order valence-electron chi connectivity index (χ1n) is 13.8. The average molecular weight is 703 g/mol. The standard InChI is InChI=1S/C31H30BrCl2N5O3S/c1-4-13-43-31-37-30-35-18(3)26(29(40)36-21-9-7-6-8-10-21)27(39(30)38-31)20-15-22(32)28(25(16-20)41-5-2)42-17-19-11-12-23(33)24(34)14-19/h6-12,14-16,27H,4-5,13,17H2,1-3H3,(H,36,40)(H,35,37,38). The summed E-state index contributed by atoms with van der Waals surface area (Å²) in [5, 5.41) is 12.7. The smallest absolute Gasteiger partial charge is 0.255 e. The summed E-state index contributed by atoms with van der Waals surface area (Å²) in [6, 6.07) is 17.9. The molecule has 8 nitrogen and oxygen atoms in total. The average Bonchev–Trinajstić information content (AvgIpc) is 3.39. The number of carbonyl (C=O) groups excluding carboxylic acids is 1. The van der Waals surface area contributed by atoms with Crippen molar-refractivity contribution in [3.05, 3.63) is 97.6 Å². The van der Waals surface area contributed by atoms with Crippen LogP contribution < -0.4 is 20.1 Å². The van der Waals surface area contributed by atoms with Gasteiger partial charge in [0, 0.05) is 17.1 Å². The van der Waals surface area contributed by atoms with E-state index in [-0.39, 0.29) is 12.5 Å². The van der Waals surface area contributed by atoms with Gasteiger partial charge in [0.15, 0.2) is 11.5 Å². The molecule has 2 N–H and O–H groups in total. The molecular weight excluding hydrogens is 673 g/mol. The molecule has 0 saturated carbocycles. The number of anilines is 2. The first kappa shape index (κ1) is 31.3. The maximum Gasteiger partial charge on any atom is 0.255 e. The van der Waals surface area contributed by atoms with Crippen molar-refractivity contribution < 1.29 is 14.3 Å². The molecule has 43 heavy (non-hydrogen) atoms. The van der Waals surface area contributed by atoms with Crippen LogP contribution in [0.5, 0.6) is 11.5 Å². The largest absolute Gasteiger partial charge is 0.490 e. The van der Waals surface area contributed by atoms with E-state index >= 15 is 0 Å². The van der Waals surface area contributed by atoms with Crippen molar-refractivity contribution in [3.63, 3.8) is 0 Å². The van der Waals surface area contributed by atoms with Gasteiger partial charge in [-0.15, -0.1) is 5.10 Å². The van der Waals surface area contributed by atoms with Crippen LogP contribution in [0.1, 0.15) is 44.4 Å². The van der Waals surface area contributed by atoms with Gasteiger partial charge in [-0.25, -0.2) is 4.68 Å². The number of allylic oxidation sites excluding steroid dienone is 1. The van der Waals surface area contributed by atoms with Gasteiger partial charge in [-0.05, 0) is 83.7 Å². The third-order valence-electron chi connectivity index (χ3n) is 6.56. The molecule has 1 unspecified atom stereocenters. The Morgan fingerprint density at radius 3 is 2.60 bits per heavy atom. The molecule has 1 aromatic heterocycles. The van der Waals surface area contributed by atoms with Crippen LogP contribution in [0.3, 0.4) is 0 Å². The Labute approximate surface area is 273 Å². The summed E-state index contributed by atoms with van der Waals surface area (Å²) < 4.78 is 14.7. The van der Waals surface area contributed by atoms with Crippen molar-refractivity contribution in [2.75, 3.05) is 23.0 Å². The third-order valence-corrected chi connectivity index (χ3v) is 8.93. The maximum atomic E-state index is 13.9. The van der Waals surface area contributed by atoms with Crippen LogP contribution in [0, 0.1) is 0 Å². The fourth-order valence-electron chi connectivity index (χ4n) is 4.64. The summed E-state index contributed by atoms with van der Waals surface area (Å²) in [4.78, 5) is 18.6. The predicted molar refractivity (Wildman–Crippen MR) is 177 cm³/mol. The zero-order valence-corrected chi connectivity index (χ0v) is 27.7. The van der Waals surface area contributed by atoms with Crippen LogP contribution in [0.4, 0.5) is 11.6 Å². The molecule has 0 saturated heterocycles. The van der Waals surface area contributed by atoms with Crippen LogP contribution in [-0.4, -0.2) is 33.0 Å². The number of halogens is 3. The summed E-state index contributed by atoms with van der Waals surface area (Å²) >= 11 is 17.6. The topological polar surface area (TPSA) is 90.3 Å². The van der Waals surface area contributed by atoms with E-state index < -0.39 is 6.04 Å². The number of thioether (sulfide) groups is 1. The normalized spacial score (nSPS) is 14.2. The number of rotatable bonds is 11. The molecule has 1 atom stereocenters. The van der Waals surface area contributed by atoms with Crippen LogP contribution in [0.2, 0.25) is 10.0 Å². The Balaban J connectivity index is 1.56. The van der Waals surface area contributed by atoms with E-state index in [0.29, 0.717) is 60.7 Å². The molecule has 3 aromatic carbocycles. The van der Waals surface area contributed by atoms with Gasteiger partial charge >= 0.3 is 0 Å². The second kappa shape index (κ2) is 14.1. The van der Waals surface area contributed by atoms with E-state index in [2.05, 4.69) is 33.5 Å². The number of nitrogens with one attached hydrogen (secondary N) is 2. The van der Waals surface area contributed by atoms with Crippen LogP contribution >= 0.6 is 50.9 Å². The van der Waals surface area contributed by atoms with Crippen LogP contribution in [0.25, 0.3) is 0 Å². The fraction of sp³-hybridized carbons (Fsp3) is 0.258. The molecule has 5 rings (SSSR count). The Kier molecular flexibility index (Phi) is 10.2. The predicted octanol–water partition coefficient (Wildman–Crippen LogP) is 8.75. The van der Waals surface area contributed by atoms with E-state index in [1.54, 1.807) is 28.6 Å². The number of hydrogen-bond acceptors (Lipinski definition) is 7. The molecule has 4 aromatic rings. The van der Waals surface area contributed by atoms with Gasteiger partial charge in [-0.3, -0.25) is 4.79 Å². The van der Waals surface area contributed by atoms with Crippen molar-refractivity contribution in [2.24, 2.45) is 0 Å². The highest BCUT2D eigenvalue weighted by atomic mass is 79.9. The lowest BCUT2D eigenvalue weighted by molar-refractivity contribution is -0.113. The number of hydrogen-bond donors (Lipinski definition) is 2. The monoisotopic (exact) mass is 701 g/mol. The molecular formula is C31H30BrCl2N5O3S. The summed E-state index contributed by atoms with van der Waals surface area (Å²) in [7, 11) is 0. The van der Waals surface area contributed by atoms with E-state index in [9.17, 15) is 4.79 Å². The summed E-state index contributed by atoms with van der Waals surface area (Å²) in [6.45, 7) is 6.55. The van der Waals surface area contributed by atoms with E-state index in [1.165, 1.54) is 0 Å². The Morgan fingerprint density at radius 2 is 1.88 bits per heavy atom. The molecule has 1 aliphatic rings. The van der Waals surface area contributed by atoms with Gasteiger partial charge in [-0.2, -0.15) is 4.98 Å². The molecule has 1 amide bonds. The minimum Gasteiger partial charge on any atom is -0.490 e. The lowest BCUT2D eigenvalue weighted by atomic mass is 9.94. The van der Waals surface area contributed by atoms with Gasteiger partial charge in [0.2, 0.25) is 11.1 Å². The number of amides is 1. The number of carbonyl (C=O) groups is 1. The van der Waals surface area contributed by atoms with E-state index in [0.717, 1.165) is 23.3 Å². The molecule has 0 spiro atoms. The molecule has 2 heterocycles. The molecule has 0 aliphatic carbocycles. The molecule has 0 fully saturated rings. The molecule has 1 aliphatic heterocycles. The highest BCUT2D eigenvalue weighted by Crippen LogP contribution is 2.44. The Morgan fingerprint density at radius 1 is 1.09 bits per heavy atom. The highest BCUT2D eigenvalue weighted by Gasteiger charge is 2.35. The maximum absolute atomic E-state index is 13.9. The number of fused-ring (bicyclic) bond motifs is 1. The van der Waals surface area contributed by atoms with Gasteiger partial charge in [0.1, 0.15) is 12.6 Å². The van der Waals surface area contributed by atoms with Crippen LogP contribution in [0.15, 0.2) is 81.6 Å². The lowest BCUT2D eigenvalue weighted by Gasteiger charge is -2.29. The summed E-state index contributed by atoms with van der Waals surface area (Å²) in [6.07, 6.45) is 0.988. The lowest BCUT2D eigenvalue weighted by Crippen LogP contribution is -2.31. The van der Waals surface area contributed by atoms with Crippen molar-refractivity contribution in [2.45, 2.75) is 45.0 Å². The zero-order chi connectivity index (χ0) is 30.5. The number of aromatic nitrogens is 3. The quantitative estimate of drug-likeness (QED) is 0.151. The number of ether oxygens (including phenoxy) is 2. The van der Waals surface area contributed by atoms with Crippen molar-refractivity contribution in [1.82, 2.24) is 14.8 Å². The van der Waals surface area contributed by atoms with E-state index in [1.807, 2.05) is 62.4 Å². The van der Waals surface area contributed by atoms with Crippen LogP contribution in [-0.2, 0) is 11.4 Å². The van der Waals surface area contributed by atoms with Gasteiger partial charge in [0.05, 0.1) is 26.7 Å². The second-order valence-corrected chi connectivity index (χ2v) is 12.4. The Hall–Kier alpha value is -3.18. The molecule has 12 heteroatoms. The first-order chi connectivity index (χ1) is 20.8. The second-order valence-electron chi connectivity index (χ2n) is 9.70. The number of benzene rings is 3. The SMILES string of the molecule is CCCSc1nc2n(n1)C(c1cc(Br)c(OCc3ccc(Cl)c(Cl)c3)c(OCC)c1)C(C(=O)Nc1ccccc1)=C(C)N2. The molecule has 224 valence electrons. The third kappa shape index (κ3) is 7.15. The summed E-state index contributed by atoms with van der Waals surface area (Å²) in [5.41, 5.74) is 3.51. The fourth-order valence-corrected chi connectivity index (χ4v) is 6.22. The molecule has 0 bridgehead atoms. The minimum atomic E-state index is -0.594. The van der Waals surface area contributed by atoms with Gasteiger partial charge in [0.25, 0.3) is 5.91 Å². The zero-order valence-electron chi connectivity index (χ0n) is 23.8. The minimum absolute atomic E-state index is 0.247. The van der Waals surface area contributed by atoms with Gasteiger partial charge < -0.3 is 20.1 Å². The van der Waals surface area contributed by atoms with Crippen molar-refractivity contribution in [1.29, 1.82) is 0 Å². The molecule has 0 radical (unpaired) electrons. The number of para-hydroxylation sites is 1. The summed E-state index contributed by atoms with van der Waals surface area (Å²) in [5.74, 6) is 2.24. The first-order valence-corrected chi connectivity index (χ1v) is 16.3. The highest BCUT2D eigenvalue weighted by molar-refractivity contribution is 9.10. The van der Waals surface area contributed by atoms with E-state index in [4.69, 9.17) is 42.8 Å².